The van der Waals surface area contributed by atoms with Gasteiger partial charge in [-0.05, 0) is 59.7 Å². The zero-order valence-corrected chi connectivity index (χ0v) is 21.1. The molecule has 2 aliphatic rings. The van der Waals surface area contributed by atoms with Gasteiger partial charge in [-0.3, -0.25) is 19.2 Å². The summed E-state index contributed by atoms with van der Waals surface area (Å²) in [5.74, 6) is -0.304. The number of esters is 1. The molecule has 1 unspecified atom stereocenters. The summed E-state index contributed by atoms with van der Waals surface area (Å²) in [6, 6.07) is 17.2. The van der Waals surface area contributed by atoms with Crippen LogP contribution in [0.4, 0.5) is 5.69 Å². The van der Waals surface area contributed by atoms with Gasteiger partial charge in [-0.1, -0.05) is 29.8 Å². The first kappa shape index (κ1) is 25.3. The fraction of sp³-hybridized carbons (Fsp3) is 0.214. The SMILES string of the molecule is CC(=O)Oc1ccc(N2C(=O)CC(N(Cc3ccc4c(c3)OCO4)C(=O)Cc3ccc(Cl)cc3)C2=O)cc1. The van der Waals surface area contributed by atoms with Crippen molar-refractivity contribution in [2.24, 2.45) is 0 Å². The number of hydrogen-bond acceptors (Lipinski definition) is 7. The smallest absolute Gasteiger partial charge is 0.308 e. The van der Waals surface area contributed by atoms with Gasteiger partial charge in [0.1, 0.15) is 11.8 Å². The van der Waals surface area contributed by atoms with Gasteiger partial charge >= 0.3 is 5.97 Å². The number of benzene rings is 3. The number of hydrogen-bond donors (Lipinski definition) is 0. The summed E-state index contributed by atoms with van der Waals surface area (Å²) in [5.41, 5.74) is 1.78. The number of halogens is 1. The van der Waals surface area contributed by atoms with Crippen molar-refractivity contribution in [3.63, 3.8) is 0 Å². The molecule has 3 aromatic carbocycles. The Morgan fingerprint density at radius 3 is 2.37 bits per heavy atom. The number of fused-ring (bicyclic) bond motifs is 1. The molecule has 2 heterocycles. The first-order valence-electron chi connectivity index (χ1n) is 11.9. The minimum absolute atomic E-state index is 0.0246. The largest absolute Gasteiger partial charge is 0.454 e. The predicted octanol–water partition coefficient (Wildman–Crippen LogP) is 3.90. The number of amides is 3. The van der Waals surface area contributed by atoms with E-state index in [0.717, 1.165) is 16.0 Å². The van der Waals surface area contributed by atoms with Crippen LogP contribution in [0.5, 0.6) is 17.2 Å². The van der Waals surface area contributed by atoms with E-state index >= 15 is 0 Å². The number of rotatable bonds is 7. The van der Waals surface area contributed by atoms with Gasteiger partial charge in [0.2, 0.25) is 18.6 Å². The Bertz CT molecular complexity index is 1410. The Hall–Kier alpha value is -4.37. The average Bonchev–Trinajstić information content (AvgIpc) is 3.47. The van der Waals surface area contributed by atoms with Gasteiger partial charge in [0.25, 0.3) is 5.91 Å². The Kier molecular flexibility index (Phi) is 7.02. The Labute approximate surface area is 223 Å². The summed E-state index contributed by atoms with van der Waals surface area (Å²) in [6.07, 6.45) is -0.141. The molecule has 0 aliphatic carbocycles. The molecule has 1 saturated heterocycles. The first-order valence-corrected chi connectivity index (χ1v) is 12.2. The third-order valence-electron chi connectivity index (χ3n) is 6.23. The van der Waals surface area contributed by atoms with Gasteiger partial charge < -0.3 is 19.1 Å². The van der Waals surface area contributed by atoms with Crippen LogP contribution in [0.2, 0.25) is 5.02 Å². The number of carbonyl (C=O) groups excluding carboxylic acids is 4. The molecule has 1 fully saturated rings. The van der Waals surface area contributed by atoms with Crippen LogP contribution in [0.25, 0.3) is 0 Å². The normalized spacial score (nSPS) is 16.1. The van der Waals surface area contributed by atoms with Crippen molar-refractivity contribution < 1.29 is 33.4 Å². The predicted molar refractivity (Wildman–Crippen MR) is 137 cm³/mol. The van der Waals surface area contributed by atoms with E-state index in [-0.39, 0.29) is 32.1 Å². The molecule has 0 aromatic heterocycles. The van der Waals surface area contributed by atoms with E-state index in [1.165, 1.54) is 36.1 Å². The highest BCUT2D eigenvalue weighted by atomic mass is 35.5. The standard InChI is InChI=1S/C28H23ClN2O7/c1-17(32)38-22-9-7-21(8-10-22)31-27(34)14-23(28(31)35)30(26(33)13-18-2-5-20(29)6-3-18)15-19-4-11-24-25(12-19)37-16-36-24/h2-12,23H,13-16H2,1H3. The minimum atomic E-state index is -0.999. The number of carbonyl (C=O) groups is 4. The summed E-state index contributed by atoms with van der Waals surface area (Å²) in [7, 11) is 0. The minimum Gasteiger partial charge on any atom is -0.454 e. The van der Waals surface area contributed by atoms with E-state index in [1.54, 1.807) is 42.5 Å². The fourth-order valence-corrected chi connectivity index (χ4v) is 4.57. The topological polar surface area (TPSA) is 102 Å². The molecule has 0 N–H and O–H groups in total. The van der Waals surface area contributed by atoms with Gasteiger partial charge in [-0.2, -0.15) is 0 Å². The molecule has 3 amide bonds. The molecular weight excluding hydrogens is 512 g/mol. The molecule has 38 heavy (non-hydrogen) atoms. The monoisotopic (exact) mass is 534 g/mol. The second-order valence-corrected chi connectivity index (χ2v) is 9.32. The first-order chi connectivity index (χ1) is 18.3. The van der Waals surface area contributed by atoms with Crippen LogP contribution in [0.1, 0.15) is 24.5 Å². The summed E-state index contributed by atoms with van der Waals surface area (Å²) in [4.78, 5) is 53.8. The molecule has 10 heteroatoms. The highest BCUT2D eigenvalue weighted by Crippen LogP contribution is 2.34. The summed E-state index contributed by atoms with van der Waals surface area (Å²) in [6.45, 7) is 1.48. The van der Waals surface area contributed by atoms with E-state index < -0.39 is 23.8 Å². The molecule has 9 nitrogen and oxygen atoms in total. The van der Waals surface area contributed by atoms with E-state index in [9.17, 15) is 19.2 Å². The van der Waals surface area contributed by atoms with E-state index in [1.807, 2.05) is 0 Å². The molecule has 0 bridgehead atoms. The quantitative estimate of drug-likeness (QED) is 0.257. The third-order valence-corrected chi connectivity index (χ3v) is 6.49. The van der Waals surface area contributed by atoms with E-state index in [4.69, 9.17) is 25.8 Å². The molecule has 1 atom stereocenters. The Morgan fingerprint density at radius 1 is 0.974 bits per heavy atom. The zero-order valence-electron chi connectivity index (χ0n) is 20.4. The number of imide groups is 1. The van der Waals surface area contributed by atoms with Gasteiger partial charge in [0.15, 0.2) is 11.5 Å². The van der Waals surface area contributed by atoms with Crippen LogP contribution < -0.4 is 19.1 Å². The maximum Gasteiger partial charge on any atom is 0.308 e. The Morgan fingerprint density at radius 2 is 1.66 bits per heavy atom. The maximum atomic E-state index is 13.6. The van der Waals surface area contributed by atoms with Crippen molar-refractivity contribution in [2.45, 2.75) is 32.4 Å². The number of nitrogens with zero attached hydrogens (tertiary/aromatic N) is 2. The average molecular weight is 535 g/mol. The second-order valence-electron chi connectivity index (χ2n) is 8.89. The lowest BCUT2D eigenvalue weighted by Crippen LogP contribution is -2.45. The lowest BCUT2D eigenvalue weighted by molar-refractivity contribution is -0.138. The molecule has 0 spiro atoms. The fourth-order valence-electron chi connectivity index (χ4n) is 4.45. The van der Waals surface area contributed by atoms with Crippen LogP contribution in [0, 0.1) is 0 Å². The van der Waals surface area contributed by atoms with Gasteiger partial charge in [0.05, 0.1) is 18.5 Å². The van der Waals surface area contributed by atoms with Crippen LogP contribution in [0.3, 0.4) is 0 Å². The van der Waals surface area contributed by atoms with Gasteiger partial charge in [-0.15, -0.1) is 0 Å². The molecular formula is C28H23ClN2O7. The van der Waals surface area contributed by atoms with Gasteiger partial charge in [0, 0.05) is 18.5 Å². The maximum absolute atomic E-state index is 13.6. The van der Waals surface area contributed by atoms with E-state index in [2.05, 4.69) is 0 Å². The third kappa shape index (κ3) is 5.33. The molecule has 194 valence electrons. The van der Waals surface area contributed by atoms with Gasteiger partial charge in [-0.25, -0.2) is 4.90 Å². The Balaban J connectivity index is 1.42. The summed E-state index contributed by atoms with van der Waals surface area (Å²) >= 11 is 5.98. The number of ether oxygens (including phenoxy) is 3. The van der Waals surface area contributed by atoms with E-state index in [0.29, 0.717) is 28.0 Å². The molecule has 5 rings (SSSR count). The van der Waals surface area contributed by atoms with Crippen molar-refractivity contribution in [3.05, 3.63) is 82.9 Å². The van der Waals surface area contributed by atoms with Crippen molar-refractivity contribution in [3.8, 4) is 17.2 Å². The lowest BCUT2D eigenvalue weighted by Gasteiger charge is -2.28. The molecule has 0 saturated carbocycles. The molecule has 3 aromatic rings. The highest BCUT2D eigenvalue weighted by Gasteiger charge is 2.44. The van der Waals surface area contributed by atoms with Crippen molar-refractivity contribution >= 4 is 41.0 Å². The van der Waals surface area contributed by atoms with Crippen LogP contribution in [-0.4, -0.2) is 41.4 Å². The number of anilines is 1. The summed E-state index contributed by atoms with van der Waals surface area (Å²) < 4.78 is 15.9. The van der Waals surface area contributed by atoms with Crippen molar-refractivity contribution in [1.29, 1.82) is 0 Å². The summed E-state index contributed by atoms with van der Waals surface area (Å²) in [5, 5.41) is 0.547. The van der Waals surface area contributed by atoms with Crippen molar-refractivity contribution in [2.75, 3.05) is 11.7 Å². The second kappa shape index (κ2) is 10.5. The molecule has 2 aliphatic heterocycles. The zero-order chi connectivity index (χ0) is 26.8. The van der Waals surface area contributed by atoms with Crippen molar-refractivity contribution in [1.82, 2.24) is 4.90 Å². The van der Waals surface area contributed by atoms with Crippen LogP contribution in [-0.2, 0) is 32.1 Å². The van der Waals surface area contributed by atoms with Crippen LogP contribution >= 0.6 is 11.6 Å². The highest BCUT2D eigenvalue weighted by molar-refractivity contribution is 6.30. The molecule has 0 radical (unpaired) electrons. The van der Waals surface area contributed by atoms with Crippen LogP contribution in [0.15, 0.2) is 66.7 Å². The lowest BCUT2D eigenvalue weighted by atomic mass is 10.1.